The molecule has 0 spiro atoms. The van der Waals surface area contributed by atoms with Crippen LogP contribution in [0.3, 0.4) is 0 Å². The molecule has 0 fully saturated rings. The van der Waals surface area contributed by atoms with Gasteiger partial charge in [0.15, 0.2) is 11.5 Å². The first-order valence-electron chi connectivity index (χ1n) is 7.59. The van der Waals surface area contributed by atoms with E-state index in [1.165, 1.54) is 21.3 Å². The Balaban J connectivity index is 2.50. The van der Waals surface area contributed by atoms with Crippen molar-refractivity contribution in [3.05, 3.63) is 53.1 Å². The van der Waals surface area contributed by atoms with Crippen LogP contribution in [0.4, 0.5) is 0 Å². The van der Waals surface area contributed by atoms with E-state index in [-0.39, 0.29) is 0 Å². The van der Waals surface area contributed by atoms with Crippen molar-refractivity contribution in [2.24, 2.45) is 0 Å². The second-order valence-corrected chi connectivity index (χ2v) is 5.51. The molecule has 0 aliphatic carbocycles. The largest absolute Gasteiger partial charge is 0.493 e. The lowest BCUT2D eigenvalue weighted by atomic mass is 9.90. The summed E-state index contributed by atoms with van der Waals surface area (Å²) in [4.78, 5) is 11.9. The number of methoxy groups -OCH3 is 3. The monoisotopic (exact) mass is 330 g/mol. The molecule has 0 aliphatic heterocycles. The third-order valence-corrected chi connectivity index (χ3v) is 3.93. The summed E-state index contributed by atoms with van der Waals surface area (Å²) >= 11 is 0. The first-order valence-corrected chi connectivity index (χ1v) is 7.59. The van der Waals surface area contributed by atoms with Gasteiger partial charge >= 0.3 is 5.97 Å². The highest BCUT2D eigenvalue weighted by atomic mass is 16.5. The zero-order valence-corrected chi connectivity index (χ0v) is 14.3. The molecule has 0 heterocycles. The fourth-order valence-corrected chi connectivity index (χ4v) is 2.80. The molecule has 0 aliphatic rings. The maximum Gasteiger partial charge on any atom is 0.311 e. The predicted octanol–water partition coefficient (Wildman–Crippen LogP) is 3.43. The van der Waals surface area contributed by atoms with Gasteiger partial charge in [0, 0.05) is 5.56 Å². The molecule has 0 amide bonds. The summed E-state index contributed by atoms with van der Waals surface area (Å²) in [5.41, 5.74) is 2.61. The van der Waals surface area contributed by atoms with Crippen molar-refractivity contribution < 1.29 is 24.1 Å². The number of benzene rings is 2. The molecular formula is C19H22O5. The first kappa shape index (κ1) is 17.7. The van der Waals surface area contributed by atoms with Crippen molar-refractivity contribution in [2.45, 2.75) is 19.3 Å². The average molecular weight is 330 g/mol. The second kappa shape index (κ2) is 7.73. The van der Waals surface area contributed by atoms with Gasteiger partial charge in [-0.2, -0.15) is 0 Å². The highest BCUT2D eigenvalue weighted by molar-refractivity contribution is 5.79. The quantitative estimate of drug-likeness (QED) is 0.842. The molecule has 0 saturated carbocycles. The number of carbonyl (C=O) groups is 1. The Hall–Kier alpha value is -2.69. The van der Waals surface area contributed by atoms with Gasteiger partial charge in [0.1, 0.15) is 0 Å². The van der Waals surface area contributed by atoms with Crippen LogP contribution in [-0.4, -0.2) is 32.4 Å². The summed E-state index contributed by atoms with van der Waals surface area (Å²) in [7, 11) is 4.52. The minimum Gasteiger partial charge on any atom is -0.493 e. The highest BCUT2D eigenvalue weighted by Crippen LogP contribution is 2.43. The minimum absolute atomic E-state index is 0.364. The number of rotatable bonds is 7. The van der Waals surface area contributed by atoms with Crippen LogP contribution in [0.15, 0.2) is 36.4 Å². The van der Waals surface area contributed by atoms with Gasteiger partial charge in [-0.15, -0.1) is 0 Å². The molecule has 0 saturated heterocycles. The zero-order chi connectivity index (χ0) is 17.7. The Morgan fingerprint density at radius 3 is 2.29 bits per heavy atom. The van der Waals surface area contributed by atoms with Crippen molar-refractivity contribution in [1.29, 1.82) is 0 Å². The Morgan fingerprint density at radius 2 is 1.75 bits per heavy atom. The number of hydrogen-bond acceptors (Lipinski definition) is 4. The smallest absolute Gasteiger partial charge is 0.311 e. The van der Waals surface area contributed by atoms with Crippen LogP contribution in [0.5, 0.6) is 17.2 Å². The van der Waals surface area contributed by atoms with Crippen molar-refractivity contribution in [3.63, 3.8) is 0 Å². The van der Waals surface area contributed by atoms with E-state index in [1.807, 2.05) is 31.2 Å². The molecule has 0 aromatic heterocycles. The van der Waals surface area contributed by atoms with E-state index in [0.717, 1.165) is 11.1 Å². The van der Waals surface area contributed by atoms with Crippen LogP contribution in [0.2, 0.25) is 0 Å². The van der Waals surface area contributed by atoms with Gasteiger partial charge in [0.05, 0.1) is 27.2 Å². The summed E-state index contributed by atoms with van der Waals surface area (Å²) in [6, 6.07) is 11.2. The number of aryl methyl sites for hydroxylation is 1. The summed E-state index contributed by atoms with van der Waals surface area (Å²) in [6.45, 7) is 1.98. The summed E-state index contributed by atoms with van der Waals surface area (Å²) in [5, 5.41) is 9.74. The van der Waals surface area contributed by atoms with E-state index in [0.29, 0.717) is 29.2 Å². The van der Waals surface area contributed by atoms with Crippen molar-refractivity contribution in [1.82, 2.24) is 0 Å². The molecule has 1 N–H and O–H groups in total. The Labute approximate surface area is 141 Å². The third-order valence-electron chi connectivity index (χ3n) is 3.93. The Bertz CT molecular complexity index is 724. The SMILES string of the molecule is COc1ccc(C(Cc2cccc(C)c2)C(=O)O)c(OC)c1OC. The molecule has 1 unspecified atom stereocenters. The van der Waals surface area contributed by atoms with Gasteiger partial charge < -0.3 is 19.3 Å². The van der Waals surface area contributed by atoms with Crippen molar-refractivity contribution in [3.8, 4) is 17.2 Å². The Kier molecular flexibility index (Phi) is 5.68. The summed E-state index contributed by atoms with van der Waals surface area (Å²) < 4.78 is 16.0. The van der Waals surface area contributed by atoms with Crippen LogP contribution < -0.4 is 14.2 Å². The third kappa shape index (κ3) is 3.62. The van der Waals surface area contributed by atoms with Crippen LogP contribution in [-0.2, 0) is 11.2 Å². The minimum atomic E-state index is -0.915. The summed E-state index contributed by atoms with van der Waals surface area (Å²) in [6.07, 6.45) is 0.364. The predicted molar refractivity (Wildman–Crippen MR) is 91.4 cm³/mol. The van der Waals surface area contributed by atoms with Gasteiger partial charge in [-0.05, 0) is 25.0 Å². The number of aliphatic carboxylic acids is 1. The van der Waals surface area contributed by atoms with E-state index in [1.54, 1.807) is 12.1 Å². The van der Waals surface area contributed by atoms with Crippen LogP contribution in [0.25, 0.3) is 0 Å². The lowest BCUT2D eigenvalue weighted by Crippen LogP contribution is -2.16. The van der Waals surface area contributed by atoms with Gasteiger partial charge in [-0.1, -0.05) is 35.9 Å². The maximum atomic E-state index is 11.9. The second-order valence-electron chi connectivity index (χ2n) is 5.51. The normalized spacial score (nSPS) is 11.7. The first-order chi connectivity index (χ1) is 11.5. The van der Waals surface area contributed by atoms with Crippen molar-refractivity contribution >= 4 is 5.97 Å². The average Bonchev–Trinajstić information content (AvgIpc) is 2.58. The molecule has 0 bridgehead atoms. The molecule has 24 heavy (non-hydrogen) atoms. The lowest BCUT2D eigenvalue weighted by Gasteiger charge is -2.20. The number of carboxylic acids is 1. The van der Waals surface area contributed by atoms with E-state index in [9.17, 15) is 9.90 Å². The van der Waals surface area contributed by atoms with E-state index >= 15 is 0 Å². The number of ether oxygens (including phenoxy) is 3. The zero-order valence-electron chi connectivity index (χ0n) is 14.3. The van der Waals surface area contributed by atoms with Crippen LogP contribution >= 0.6 is 0 Å². The molecule has 2 rings (SSSR count). The summed E-state index contributed by atoms with van der Waals surface area (Å²) in [5.74, 6) is -0.383. The number of hydrogen-bond donors (Lipinski definition) is 1. The highest BCUT2D eigenvalue weighted by Gasteiger charge is 2.27. The molecule has 128 valence electrons. The van der Waals surface area contributed by atoms with E-state index in [4.69, 9.17) is 14.2 Å². The Morgan fingerprint density at radius 1 is 1.04 bits per heavy atom. The molecular weight excluding hydrogens is 308 g/mol. The molecule has 0 radical (unpaired) electrons. The molecule has 5 nitrogen and oxygen atoms in total. The molecule has 2 aromatic carbocycles. The fourth-order valence-electron chi connectivity index (χ4n) is 2.80. The van der Waals surface area contributed by atoms with E-state index < -0.39 is 11.9 Å². The maximum absolute atomic E-state index is 11.9. The van der Waals surface area contributed by atoms with Gasteiger partial charge in [0.2, 0.25) is 5.75 Å². The van der Waals surface area contributed by atoms with E-state index in [2.05, 4.69) is 0 Å². The van der Waals surface area contributed by atoms with Gasteiger partial charge in [-0.25, -0.2) is 0 Å². The van der Waals surface area contributed by atoms with Crippen molar-refractivity contribution in [2.75, 3.05) is 21.3 Å². The molecule has 2 aromatic rings. The van der Waals surface area contributed by atoms with Gasteiger partial charge in [-0.3, -0.25) is 4.79 Å². The number of carboxylic acid groups (broad SMARTS) is 1. The van der Waals surface area contributed by atoms with Crippen LogP contribution in [0, 0.1) is 6.92 Å². The standard InChI is InChI=1S/C19H22O5/c1-12-6-5-7-13(10-12)11-15(19(20)21)14-8-9-16(22-2)18(24-4)17(14)23-3/h5-10,15H,11H2,1-4H3,(H,20,21). The van der Waals surface area contributed by atoms with Crippen LogP contribution in [0.1, 0.15) is 22.6 Å². The van der Waals surface area contributed by atoms with Gasteiger partial charge in [0.25, 0.3) is 0 Å². The fraction of sp³-hybridized carbons (Fsp3) is 0.316. The lowest BCUT2D eigenvalue weighted by molar-refractivity contribution is -0.138. The molecule has 5 heteroatoms. The topological polar surface area (TPSA) is 65.0 Å². The molecule has 1 atom stereocenters.